The number of carbonyl (C=O) groups is 1. The Bertz CT molecular complexity index is 281. The van der Waals surface area contributed by atoms with Gasteiger partial charge < -0.3 is 5.32 Å². The third-order valence-electron chi connectivity index (χ3n) is 1.67. The van der Waals surface area contributed by atoms with Crippen LogP contribution in [0.1, 0.15) is 22.8 Å². The van der Waals surface area contributed by atoms with Gasteiger partial charge in [0.05, 0.1) is 0 Å². The van der Waals surface area contributed by atoms with Crippen molar-refractivity contribution >= 4 is 5.91 Å². The van der Waals surface area contributed by atoms with Gasteiger partial charge in [-0.25, -0.2) is 0 Å². The third-order valence-corrected chi connectivity index (χ3v) is 1.67. The number of benzene rings is 1. The van der Waals surface area contributed by atoms with Gasteiger partial charge in [-0.3, -0.25) is 4.79 Å². The van der Waals surface area contributed by atoms with Crippen molar-refractivity contribution < 1.29 is 4.79 Å². The molecular weight excluding hydrogens is 150 g/mol. The molecule has 1 radical (unpaired) electrons. The van der Waals surface area contributed by atoms with Crippen molar-refractivity contribution in [2.75, 3.05) is 0 Å². The lowest BCUT2D eigenvalue weighted by Gasteiger charge is -2.03. The highest BCUT2D eigenvalue weighted by atomic mass is 16.1. The first-order valence-electron chi connectivity index (χ1n) is 3.90. The van der Waals surface area contributed by atoms with Gasteiger partial charge in [0.25, 0.3) is 5.91 Å². The number of amides is 1. The third kappa shape index (κ3) is 1.84. The summed E-state index contributed by atoms with van der Waals surface area (Å²) < 4.78 is 0. The molecule has 0 heterocycles. The molecule has 0 spiro atoms. The van der Waals surface area contributed by atoms with Gasteiger partial charge in [-0.1, -0.05) is 18.2 Å². The van der Waals surface area contributed by atoms with Gasteiger partial charge in [-0.05, 0) is 25.5 Å². The van der Waals surface area contributed by atoms with Crippen LogP contribution in [-0.2, 0) is 0 Å². The molecule has 12 heavy (non-hydrogen) atoms. The second kappa shape index (κ2) is 3.90. The summed E-state index contributed by atoms with van der Waals surface area (Å²) in [7, 11) is 0. The van der Waals surface area contributed by atoms with Crippen molar-refractivity contribution in [3.8, 4) is 0 Å². The van der Waals surface area contributed by atoms with E-state index in [1.165, 1.54) is 0 Å². The van der Waals surface area contributed by atoms with E-state index in [2.05, 4.69) is 5.32 Å². The fourth-order valence-corrected chi connectivity index (χ4v) is 1.04. The van der Waals surface area contributed by atoms with Crippen LogP contribution in [-0.4, -0.2) is 5.91 Å². The summed E-state index contributed by atoms with van der Waals surface area (Å²) in [5, 5.41) is 2.64. The second-order valence-electron chi connectivity index (χ2n) is 2.58. The number of hydrogen-bond donors (Lipinski definition) is 1. The molecule has 0 unspecified atom stereocenters. The van der Waals surface area contributed by atoms with Gasteiger partial charge in [0.2, 0.25) is 0 Å². The molecule has 0 atom stereocenters. The average molecular weight is 162 g/mol. The maximum Gasteiger partial charge on any atom is 0.251 e. The fraction of sp³-hybridized carbons (Fsp3) is 0.200. The first-order chi connectivity index (χ1) is 5.75. The van der Waals surface area contributed by atoms with E-state index in [9.17, 15) is 4.79 Å². The van der Waals surface area contributed by atoms with Gasteiger partial charge >= 0.3 is 0 Å². The lowest BCUT2D eigenvalue weighted by atomic mass is 10.1. The zero-order valence-corrected chi connectivity index (χ0v) is 7.29. The molecule has 0 bridgehead atoms. The van der Waals surface area contributed by atoms with Gasteiger partial charge in [0.1, 0.15) is 0 Å². The van der Waals surface area contributed by atoms with Crippen LogP contribution in [0.25, 0.3) is 0 Å². The van der Waals surface area contributed by atoms with Gasteiger partial charge in [-0.15, -0.1) is 0 Å². The summed E-state index contributed by atoms with van der Waals surface area (Å²) >= 11 is 0. The Morgan fingerprint density at radius 1 is 1.42 bits per heavy atom. The van der Waals surface area contributed by atoms with Crippen LogP contribution in [0.2, 0.25) is 0 Å². The lowest BCUT2D eigenvalue weighted by molar-refractivity contribution is 0.0964. The Hall–Kier alpha value is -1.31. The molecule has 0 aliphatic carbocycles. The van der Waals surface area contributed by atoms with Gasteiger partial charge in [0.15, 0.2) is 0 Å². The number of rotatable bonds is 2. The Morgan fingerprint density at radius 2 is 2.08 bits per heavy atom. The minimum absolute atomic E-state index is 0.0457. The van der Waals surface area contributed by atoms with E-state index in [-0.39, 0.29) is 5.91 Å². The summed E-state index contributed by atoms with van der Waals surface area (Å²) in [5.74, 6) is -0.0457. The molecule has 0 fully saturated rings. The fourth-order valence-electron chi connectivity index (χ4n) is 1.04. The van der Waals surface area contributed by atoms with Crippen molar-refractivity contribution in [2.45, 2.75) is 13.8 Å². The molecule has 0 saturated heterocycles. The molecule has 2 heteroatoms. The minimum atomic E-state index is -0.0457. The van der Waals surface area contributed by atoms with Crippen LogP contribution in [0.5, 0.6) is 0 Å². The molecule has 1 aromatic rings. The summed E-state index contributed by atoms with van der Waals surface area (Å²) in [5.41, 5.74) is 1.73. The van der Waals surface area contributed by atoms with Crippen molar-refractivity contribution in [2.24, 2.45) is 0 Å². The van der Waals surface area contributed by atoms with E-state index in [0.29, 0.717) is 0 Å². The summed E-state index contributed by atoms with van der Waals surface area (Å²) in [4.78, 5) is 11.3. The van der Waals surface area contributed by atoms with E-state index >= 15 is 0 Å². The van der Waals surface area contributed by atoms with Crippen molar-refractivity contribution in [3.63, 3.8) is 0 Å². The van der Waals surface area contributed by atoms with Crippen LogP contribution >= 0.6 is 0 Å². The number of hydrogen-bond acceptors (Lipinski definition) is 1. The van der Waals surface area contributed by atoms with Crippen molar-refractivity contribution in [1.29, 1.82) is 0 Å². The quantitative estimate of drug-likeness (QED) is 0.707. The monoisotopic (exact) mass is 162 g/mol. The Morgan fingerprint density at radius 3 is 2.67 bits per heavy atom. The Balaban J connectivity index is 2.87. The minimum Gasteiger partial charge on any atom is -0.348 e. The smallest absolute Gasteiger partial charge is 0.251 e. The number of aryl methyl sites for hydroxylation is 1. The van der Waals surface area contributed by atoms with Crippen LogP contribution in [0.4, 0.5) is 0 Å². The molecular formula is C10H12NO. The van der Waals surface area contributed by atoms with E-state index < -0.39 is 0 Å². The molecule has 0 aromatic heterocycles. The highest BCUT2D eigenvalue weighted by molar-refractivity contribution is 5.95. The molecule has 0 aliphatic rings. The molecule has 0 aliphatic heterocycles. The Kier molecular flexibility index (Phi) is 2.86. The zero-order chi connectivity index (χ0) is 8.97. The normalized spacial score (nSPS) is 9.50. The summed E-state index contributed by atoms with van der Waals surface area (Å²) in [6, 6.07) is 7.51. The predicted molar refractivity (Wildman–Crippen MR) is 48.6 cm³/mol. The van der Waals surface area contributed by atoms with Gasteiger partial charge in [0, 0.05) is 12.1 Å². The molecule has 63 valence electrons. The topological polar surface area (TPSA) is 29.1 Å². The van der Waals surface area contributed by atoms with E-state index in [0.717, 1.165) is 11.1 Å². The van der Waals surface area contributed by atoms with Crippen LogP contribution in [0, 0.1) is 13.5 Å². The molecule has 1 rings (SSSR count). The Labute approximate surface area is 72.6 Å². The first kappa shape index (κ1) is 8.78. The SMILES string of the molecule is C[CH]NC(=O)c1ccccc1C. The number of carbonyl (C=O) groups excluding carboxylic acids is 1. The maximum absolute atomic E-state index is 11.3. The van der Waals surface area contributed by atoms with E-state index in [4.69, 9.17) is 0 Å². The average Bonchev–Trinajstić information content (AvgIpc) is 2.05. The van der Waals surface area contributed by atoms with Crippen LogP contribution in [0.3, 0.4) is 0 Å². The zero-order valence-electron chi connectivity index (χ0n) is 7.29. The molecule has 1 amide bonds. The largest absolute Gasteiger partial charge is 0.348 e. The summed E-state index contributed by atoms with van der Waals surface area (Å²) in [6.07, 6.45) is 0. The van der Waals surface area contributed by atoms with Gasteiger partial charge in [-0.2, -0.15) is 0 Å². The molecule has 1 aromatic carbocycles. The lowest BCUT2D eigenvalue weighted by Crippen LogP contribution is -2.19. The first-order valence-corrected chi connectivity index (χ1v) is 3.90. The molecule has 1 N–H and O–H groups in total. The van der Waals surface area contributed by atoms with Crippen LogP contribution < -0.4 is 5.32 Å². The highest BCUT2D eigenvalue weighted by Gasteiger charge is 2.05. The molecule has 2 nitrogen and oxygen atoms in total. The van der Waals surface area contributed by atoms with Crippen LogP contribution in [0.15, 0.2) is 24.3 Å². The maximum atomic E-state index is 11.3. The second-order valence-corrected chi connectivity index (χ2v) is 2.58. The van der Waals surface area contributed by atoms with E-state index in [1.807, 2.05) is 31.2 Å². The highest BCUT2D eigenvalue weighted by Crippen LogP contribution is 2.06. The van der Waals surface area contributed by atoms with Crippen molar-refractivity contribution in [3.05, 3.63) is 41.9 Å². The van der Waals surface area contributed by atoms with Crippen molar-refractivity contribution in [1.82, 2.24) is 5.32 Å². The molecule has 0 saturated carbocycles. The summed E-state index contributed by atoms with van der Waals surface area (Å²) in [6.45, 7) is 5.34. The predicted octanol–water partition coefficient (Wildman–Crippen LogP) is 1.91. The number of nitrogens with one attached hydrogen (secondary N) is 1. The standard InChI is InChI=1S/C10H12NO/c1-3-11-10(12)9-7-5-4-6-8(9)2/h3-7H,1-2H3,(H,11,12). The van der Waals surface area contributed by atoms with E-state index in [1.54, 1.807) is 13.5 Å².